The minimum atomic E-state index is -0.272. The second-order valence-corrected chi connectivity index (χ2v) is 7.63. The zero-order chi connectivity index (χ0) is 21.5. The molecule has 0 bridgehead atoms. The fourth-order valence-corrected chi connectivity index (χ4v) is 3.65. The molecule has 1 saturated heterocycles. The first-order valence-electron chi connectivity index (χ1n) is 10.4. The smallest absolute Gasteiger partial charge is 0.263 e. The molecule has 7 nitrogen and oxygen atoms in total. The number of hydrogen-bond donors (Lipinski definition) is 1. The molecule has 2 aromatic rings. The Morgan fingerprint density at radius 2 is 1.83 bits per heavy atom. The van der Waals surface area contributed by atoms with E-state index >= 15 is 0 Å². The number of aromatic nitrogens is 1. The van der Waals surface area contributed by atoms with E-state index in [9.17, 15) is 14.4 Å². The topological polar surface area (TPSA) is 80.6 Å². The van der Waals surface area contributed by atoms with Crippen molar-refractivity contribution in [3.63, 3.8) is 0 Å². The molecule has 7 heteroatoms. The number of carbonyl (C=O) groups is 2. The predicted octanol–water partition coefficient (Wildman–Crippen LogP) is 2.00. The van der Waals surface area contributed by atoms with Crippen LogP contribution in [0.2, 0.25) is 0 Å². The standard InChI is InChI=1S/C23H29N3O4/c1-3-30-19-8-6-17(7-9-19)15-21(27)24-16-18-10-13-26(14-11-18)23(29)20-5-4-12-25(2)22(20)28/h4-9,12,18H,3,10-11,13-16H2,1-2H3,(H,24,27). The summed E-state index contributed by atoms with van der Waals surface area (Å²) in [5.41, 5.74) is 0.883. The largest absolute Gasteiger partial charge is 0.494 e. The highest BCUT2D eigenvalue weighted by Gasteiger charge is 2.25. The fraction of sp³-hybridized carbons (Fsp3) is 0.435. The zero-order valence-corrected chi connectivity index (χ0v) is 17.6. The van der Waals surface area contributed by atoms with Crippen LogP contribution in [-0.4, -0.2) is 47.5 Å². The summed E-state index contributed by atoms with van der Waals surface area (Å²) in [5.74, 6) is 0.910. The molecule has 1 N–H and O–H groups in total. The van der Waals surface area contributed by atoms with E-state index in [1.165, 1.54) is 4.57 Å². The number of carbonyl (C=O) groups excluding carboxylic acids is 2. The van der Waals surface area contributed by atoms with Crippen molar-refractivity contribution in [2.45, 2.75) is 26.2 Å². The maximum atomic E-state index is 12.6. The first kappa shape index (κ1) is 21.6. The van der Waals surface area contributed by atoms with Gasteiger partial charge in [-0.05, 0) is 55.5 Å². The third kappa shape index (κ3) is 5.49. The minimum Gasteiger partial charge on any atom is -0.494 e. The normalized spacial score (nSPS) is 14.4. The second kappa shape index (κ2) is 10.1. The molecule has 0 unspecified atom stereocenters. The molecule has 3 rings (SSSR count). The lowest BCUT2D eigenvalue weighted by atomic mass is 9.96. The van der Waals surface area contributed by atoms with Gasteiger partial charge in [-0.1, -0.05) is 12.1 Å². The summed E-state index contributed by atoms with van der Waals surface area (Å²) in [6.45, 7) is 4.34. The van der Waals surface area contributed by atoms with Crippen molar-refractivity contribution in [3.8, 4) is 5.75 Å². The summed E-state index contributed by atoms with van der Waals surface area (Å²) in [6, 6.07) is 10.8. The molecule has 1 aliphatic heterocycles. The van der Waals surface area contributed by atoms with Gasteiger partial charge in [-0.25, -0.2) is 0 Å². The molecule has 0 atom stereocenters. The summed E-state index contributed by atoms with van der Waals surface area (Å²) < 4.78 is 6.83. The Bertz CT molecular complexity index is 928. The summed E-state index contributed by atoms with van der Waals surface area (Å²) >= 11 is 0. The van der Waals surface area contributed by atoms with E-state index < -0.39 is 0 Å². The second-order valence-electron chi connectivity index (χ2n) is 7.63. The van der Waals surface area contributed by atoms with Crippen LogP contribution in [0.3, 0.4) is 0 Å². The molecule has 0 spiro atoms. The van der Waals surface area contributed by atoms with Crippen LogP contribution in [0.4, 0.5) is 0 Å². The van der Waals surface area contributed by atoms with Crippen molar-refractivity contribution in [1.82, 2.24) is 14.8 Å². The Labute approximate surface area is 176 Å². The van der Waals surface area contributed by atoms with Gasteiger partial charge in [-0.15, -0.1) is 0 Å². The maximum absolute atomic E-state index is 12.6. The van der Waals surface area contributed by atoms with E-state index in [2.05, 4.69) is 5.32 Å². The van der Waals surface area contributed by atoms with Crippen molar-refractivity contribution >= 4 is 11.8 Å². The monoisotopic (exact) mass is 411 g/mol. The average Bonchev–Trinajstić information content (AvgIpc) is 2.76. The number of ether oxygens (including phenoxy) is 1. The molecule has 2 amide bonds. The summed E-state index contributed by atoms with van der Waals surface area (Å²) in [7, 11) is 1.64. The molecule has 1 aliphatic rings. The lowest BCUT2D eigenvalue weighted by Crippen LogP contribution is -2.43. The lowest BCUT2D eigenvalue weighted by molar-refractivity contribution is -0.120. The molecule has 0 saturated carbocycles. The van der Waals surface area contributed by atoms with Gasteiger partial charge in [0.1, 0.15) is 11.3 Å². The molecule has 160 valence electrons. The van der Waals surface area contributed by atoms with E-state index in [4.69, 9.17) is 4.74 Å². The number of benzene rings is 1. The van der Waals surface area contributed by atoms with E-state index in [1.54, 1.807) is 30.3 Å². The number of rotatable bonds is 7. The Balaban J connectivity index is 1.43. The third-order valence-electron chi connectivity index (χ3n) is 5.44. The zero-order valence-electron chi connectivity index (χ0n) is 17.6. The SMILES string of the molecule is CCOc1ccc(CC(=O)NCC2CCN(C(=O)c3cccn(C)c3=O)CC2)cc1. The molecule has 30 heavy (non-hydrogen) atoms. The van der Waals surface area contributed by atoms with Gasteiger partial charge in [0.2, 0.25) is 5.91 Å². The first-order valence-corrected chi connectivity index (χ1v) is 10.4. The van der Waals surface area contributed by atoms with Gasteiger partial charge in [0.25, 0.3) is 11.5 Å². The summed E-state index contributed by atoms with van der Waals surface area (Å²) in [5, 5.41) is 3.01. The van der Waals surface area contributed by atoms with Gasteiger partial charge in [-0.3, -0.25) is 14.4 Å². The maximum Gasteiger partial charge on any atom is 0.263 e. The number of hydrogen-bond acceptors (Lipinski definition) is 4. The highest BCUT2D eigenvalue weighted by Crippen LogP contribution is 2.18. The van der Waals surface area contributed by atoms with Crippen molar-refractivity contribution in [2.75, 3.05) is 26.2 Å². The molecular weight excluding hydrogens is 382 g/mol. The lowest BCUT2D eigenvalue weighted by Gasteiger charge is -2.32. The Hall–Kier alpha value is -3.09. The van der Waals surface area contributed by atoms with Crippen LogP contribution in [0.15, 0.2) is 47.4 Å². The average molecular weight is 412 g/mol. The number of piperidine rings is 1. The van der Waals surface area contributed by atoms with Crippen molar-refractivity contribution in [1.29, 1.82) is 0 Å². The van der Waals surface area contributed by atoms with Gasteiger partial charge in [0.15, 0.2) is 0 Å². The summed E-state index contributed by atoms with van der Waals surface area (Å²) in [6.07, 6.45) is 3.59. The number of pyridine rings is 1. The van der Waals surface area contributed by atoms with Gasteiger partial charge in [0, 0.05) is 32.9 Å². The third-order valence-corrected chi connectivity index (χ3v) is 5.44. The van der Waals surface area contributed by atoms with Crippen LogP contribution in [0.1, 0.15) is 35.7 Å². The van der Waals surface area contributed by atoms with Gasteiger partial charge >= 0.3 is 0 Å². The fourth-order valence-electron chi connectivity index (χ4n) is 3.65. The molecule has 1 aromatic heterocycles. The molecule has 0 aliphatic carbocycles. The molecule has 0 radical (unpaired) electrons. The first-order chi connectivity index (χ1) is 14.5. The molecule has 1 fully saturated rings. The van der Waals surface area contributed by atoms with Crippen LogP contribution < -0.4 is 15.6 Å². The summed E-state index contributed by atoms with van der Waals surface area (Å²) in [4.78, 5) is 38.8. The van der Waals surface area contributed by atoms with Gasteiger partial charge in [-0.2, -0.15) is 0 Å². The number of amides is 2. The van der Waals surface area contributed by atoms with Crippen LogP contribution in [0.5, 0.6) is 5.75 Å². The Morgan fingerprint density at radius 3 is 2.50 bits per heavy atom. The molecule has 2 heterocycles. The highest BCUT2D eigenvalue weighted by molar-refractivity contribution is 5.93. The Morgan fingerprint density at radius 1 is 1.13 bits per heavy atom. The number of nitrogens with zero attached hydrogens (tertiary/aromatic N) is 2. The minimum absolute atomic E-state index is 0.00884. The van der Waals surface area contributed by atoms with Crippen LogP contribution in [-0.2, 0) is 18.3 Å². The Kier molecular flexibility index (Phi) is 7.27. The quantitative estimate of drug-likeness (QED) is 0.756. The van der Waals surface area contributed by atoms with Gasteiger partial charge < -0.3 is 19.5 Å². The highest BCUT2D eigenvalue weighted by atomic mass is 16.5. The van der Waals surface area contributed by atoms with E-state index in [0.29, 0.717) is 38.6 Å². The van der Waals surface area contributed by atoms with Crippen LogP contribution in [0.25, 0.3) is 0 Å². The van der Waals surface area contributed by atoms with Crippen molar-refractivity contribution < 1.29 is 14.3 Å². The van der Waals surface area contributed by atoms with Crippen LogP contribution >= 0.6 is 0 Å². The van der Waals surface area contributed by atoms with Crippen molar-refractivity contribution in [2.24, 2.45) is 13.0 Å². The molecule has 1 aromatic carbocycles. The van der Waals surface area contributed by atoms with Crippen molar-refractivity contribution in [3.05, 3.63) is 64.1 Å². The number of aryl methyl sites for hydroxylation is 1. The van der Waals surface area contributed by atoms with E-state index in [-0.39, 0.29) is 22.9 Å². The predicted molar refractivity (Wildman–Crippen MR) is 115 cm³/mol. The number of likely N-dealkylation sites (tertiary alicyclic amines) is 1. The molecular formula is C23H29N3O4. The van der Waals surface area contributed by atoms with Gasteiger partial charge in [0.05, 0.1) is 13.0 Å². The van der Waals surface area contributed by atoms with E-state index in [1.807, 2.05) is 31.2 Å². The van der Waals surface area contributed by atoms with E-state index in [0.717, 1.165) is 24.2 Å². The van der Waals surface area contributed by atoms with Crippen LogP contribution in [0, 0.1) is 5.92 Å². The number of nitrogens with one attached hydrogen (secondary N) is 1.